The van der Waals surface area contributed by atoms with Gasteiger partial charge in [-0.2, -0.15) is 0 Å². The molecule has 0 aliphatic rings. The summed E-state index contributed by atoms with van der Waals surface area (Å²) in [5.74, 6) is -0.000186. The maximum Gasteiger partial charge on any atom is 0.187 e. The van der Waals surface area contributed by atoms with Crippen LogP contribution in [0.2, 0.25) is 0 Å². The predicted octanol–water partition coefficient (Wildman–Crippen LogP) is 3.96. The molecule has 0 aliphatic heterocycles. The van der Waals surface area contributed by atoms with Gasteiger partial charge >= 0.3 is 0 Å². The zero-order chi connectivity index (χ0) is 13.1. The summed E-state index contributed by atoms with van der Waals surface area (Å²) >= 11 is 1.46. The molecular formula is C14H16N2OS. The first-order valence-electron chi connectivity index (χ1n) is 5.93. The molecule has 0 radical (unpaired) electrons. The van der Waals surface area contributed by atoms with Crippen molar-refractivity contribution in [2.75, 3.05) is 5.32 Å². The highest BCUT2D eigenvalue weighted by Crippen LogP contribution is 2.27. The quantitative estimate of drug-likeness (QED) is 0.846. The number of Topliss-reactive ketones (excluding diaryl/α,β-unsaturated/α-hetero) is 1. The van der Waals surface area contributed by atoms with Gasteiger partial charge in [-0.25, -0.2) is 4.98 Å². The molecule has 94 valence electrons. The summed E-state index contributed by atoms with van der Waals surface area (Å²) in [5, 5.41) is 5.88. The number of aromatic nitrogens is 1. The number of para-hydroxylation sites is 1. The lowest BCUT2D eigenvalue weighted by Gasteiger charge is -2.11. The summed E-state index contributed by atoms with van der Waals surface area (Å²) < 4.78 is 0. The van der Waals surface area contributed by atoms with Gasteiger partial charge in [0.05, 0.1) is 0 Å². The highest BCUT2D eigenvalue weighted by atomic mass is 32.1. The number of hydrogen-bond acceptors (Lipinski definition) is 4. The van der Waals surface area contributed by atoms with E-state index in [1.54, 1.807) is 5.38 Å². The van der Waals surface area contributed by atoms with Crippen molar-refractivity contribution in [3.63, 3.8) is 0 Å². The predicted molar refractivity (Wildman–Crippen MR) is 76.0 cm³/mol. The van der Waals surface area contributed by atoms with Crippen molar-refractivity contribution in [3.05, 3.63) is 40.4 Å². The minimum absolute atomic E-state index is 0.000186. The molecule has 0 saturated carbocycles. The number of carbonyl (C=O) groups is 1. The summed E-state index contributed by atoms with van der Waals surface area (Å²) in [7, 11) is 0. The van der Waals surface area contributed by atoms with Crippen LogP contribution in [0.5, 0.6) is 0 Å². The monoisotopic (exact) mass is 260 g/mol. The van der Waals surface area contributed by atoms with E-state index in [9.17, 15) is 4.79 Å². The van der Waals surface area contributed by atoms with E-state index in [0.29, 0.717) is 5.69 Å². The maximum atomic E-state index is 11.2. The van der Waals surface area contributed by atoms with Crippen molar-refractivity contribution >= 4 is 27.9 Å². The van der Waals surface area contributed by atoms with Crippen LogP contribution in [0, 0.1) is 6.92 Å². The Morgan fingerprint density at radius 3 is 2.83 bits per heavy atom. The molecule has 2 rings (SSSR count). The highest BCUT2D eigenvalue weighted by molar-refractivity contribution is 7.14. The molecule has 0 atom stereocenters. The first-order valence-corrected chi connectivity index (χ1v) is 6.81. The lowest BCUT2D eigenvalue weighted by Crippen LogP contribution is -1.99. The van der Waals surface area contributed by atoms with E-state index in [1.807, 2.05) is 0 Å². The van der Waals surface area contributed by atoms with Gasteiger partial charge in [0.1, 0.15) is 5.69 Å². The molecule has 0 amide bonds. The van der Waals surface area contributed by atoms with Gasteiger partial charge in [-0.15, -0.1) is 11.3 Å². The Kier molecular flexibility index (Phi) is 3.77. The summed E-state index contributed by atoms with van der Waals surface area (Å²) in [4.78, 5) is 15.5. The molecule has 18 heavy (non-hydrogen) atoms. The fourth-order valence-corrected chi connectivity index (χ4v) is 2.56. The minimum atomic E-state index is -0.000186. The van der Waals surface area contributed by atoms with Crippen LogP contribution in [0.1, 0.15) is 35.5 Å². The third kappa shape index (κ3) is 2.59. The molecule has 4 heteroatoms. The van der Waals surface area contributed by atoms with Crippen LogP contribution >= 0.6 is 11.3 Å². The van der Waals surface area contributed by atoms with E-state index in [2.05, 4.69) is 42.3 Å². The average Bonchev–Trinajstić information content (AvgIpc) is 2.80. The van der Waals surface area contributed by atoms with Crippen LogP contribution in [-0.4, -0.2) is 10.8 Å². The maximum absolute atomic E-state index is 11.2. The smallest absolute Gasteiger partial charge is 0.187 e. The fourth-order valence-electron chi connectivity index (χ4n) is 1.80. The normalized spacial score (nSPS) is 10.4. The lowest BCUT2D eigenvalue weighted by atomic mass is 10.1. The number of benzene rings is 1. The second-order valence-electron chi connectivity index (χ2n) is 4.18. The average molecular weight is 260 g/mol. The Labute approximate surface area is 111 Å². The van der Waals surface area contributed by atoms with Gasteiger partial charge in [-0.3, -0.25) is 4.79 Å². The first kappa shape index (κ1) is 12.8. The second kappa shape index (κ2) is 5.31. The van der Waals surface area contributed by atoms with Crippen LogP contribution in [0.15, 0.2) is 23.6 Å². The Balaban J connectivity index is 2.30. The minimum Gasteiger partial charge on any atom is -0.331 e. The van der Waals surface area contributed by atoms with Crippen molar-refractivity contribution in [3.8, 4) is 0 Å². The number of ketones is 1. The number of carbonyl (C=O) groups excluding carboxylic acids is 1. The van der Waals surface area contributed by atoms with Crippen LogP contribution < -0.4 is 5.32 Å². The fraction of sp³-hybridized carbons (Fsp3) is 0.286. The van der Waals surface area contributed by atoms with Crippen molar-refractivity contribution in [2.24, 2.45) is 0 Å². The Bertz CT molecular complexity index is 575. The molecule has 1 N–H and O–H groups in total. The van der Waals surface area contributed by atoms with Crippen molar-refractivity contribution in [1.29, 1.82) is 0 Å². The van der Waals surface area contributed by atoms with Gasteiger partial charge in [-0.05, 0) is 24.5 Å². The largest absolute Gasteiger partial charge is 0.331 e. The van der Waals surface area contributed by atoms with E-state index in [4.69, 9.17) is 0 Å². The van der Waals surface area contributed by atoms with Crippen molar-refractivity contribution < 1.29 is 4.79 Å². The first-order chi connectivity index (χ1) is 8.61. The molecule has 0 spiro atoms. The van der Waals surface area contributed by atoms with Crippen LogP contribution in [0.4, 0.5) is 10.8 Å². The summed E-state index contributed by atoms with van der Waals surface area (Å²) in [6.07, 6.45) is 0.967. The molecular weight excluding hydrogens is 244 g/mol. The van der Waals surface area contributed by atoms with Gasteiger partial charge in [0, 0.05) is 18.0 Å². The topological polar surface area (TPSA) is 42.0 Å². The number of hydrogen-bond donors (Lipinski definition) is 1. The Morgan fingerprint density at radius 1 is 1.44 bits per heavy atom. The van der Waals surface area contributed by atoms with Crippen molar-refractivity contribution in [2.45, 2.75) is 27.2 Å². The van der Waals surface area contributed by atoms with Crippen molar-refractivity contribution in [1.82, 2.24) is 4.98 Å². The third-order valence-corrected chi connectivity index (χ3v) is 3.59. The highest BCUT2D eigenvalue weighted by Gasteiger charge is 2.09. The van der Waals surface area contributed by atoms with Gasteiger partial charge in [0.2, 0.25) is 0 Å². The molecule has 1 heterocycles. The molecule has 0 bridgehead atoms. The number of thiazole rings is 1. The van der Waals surface area contributed by atoms with Gasteiger partial charge in [0.15, 0.2) is 10.9 Å². The van der Waals surface area contributed by atoms with Crippen LogP contribution in [0.25, 0.3) is 0 Å². The Hall–Kier alpha value is -1.68. The summed E-state index contributed by atoms with van der Waals surface area (Å²) in [6, 6.07) is 6.23. The lowest BCUT2D eigenvalue weighted by molar-refractivity contribution is 0.101. The van der Waals surface area contributed by atoms with E-state index in [-0.39, 0.29) is 5.78 Å². The zero-order valence-corrected chi connectivity index (χ0v) is 11.6. The van der Waals surface area contributed by atoms with Gasteiger partial charge in [-0.1, -0.05) is 25.1 Å². The molecule has 0 aliphatic carbocycles. The van der Waals surface area contributed by atoms with Crippen LogP contribution in [-0.2, 0) is 6.42 Å². The van der Waals surface area contributed by atoms with E-state index in [0.717, 1.165) is 17.2 Å². The second-order valence-corrected chi connectivity index (χ2v) is 5.04. The van der Waals surface area contributed by atoms with Crippen LogP contribution in [0.3, 0.4) is 0 Å². The number of nitrogens with one attached hydrogen (secondary N) is 1. The van der Waals surface area contributed by atoms with E-state index in [1.165, 1.54) is 29.4 Å². The summed E-state index contributed by atoms with van der Waals surface area (Å²) in [6.45, 7) is 5.73. The molecule has 1 aromatic heterocycles. The van der Waals surface area contributed by atoms with Gasteiger partial charge in [0.25, 0.3) is 0 Å². The number of nitrogens with zero attached hydrogens (tertiary/aromatic N) is 1. The van der Waals surface area contributed by atoms with E-state index >= 15 is 0 Å². The molecule has 1 aromatic carbocycles. The number of aryl methyl sites for hydroxylation is 2. The molecule has 2 aromatic rings. The Morgan fingerprint density at radius 2 is 2.22 bits per heavy atom. The van der Waals surface area contributed by atoms with Gasteiger partial charge < -0.3 is 5.32 Å². The zero-order valence-electron chi connectivity index (χ0n) is 10.8. The molecule has 0 fully saturated rings. The molecule has 0 saturated heterocycles. The number of anilines is 2. The van der Waals surface area contributed by atoms with E-state index < -0.39 is 0 Å². The summed E-state index contributed by atoms with van der Waals surface area (Å²) in [5.41, 5.74) is 4.07. The SMILES string of the molecule is CCc1cccc(C)c1Nc1nc(C(C)=O)cs1. The standard InChI is InChI=1S/C14H16N2OS/c1-4-11-7-5-6-9(2)13(11)16-14-15-12(8-18-14)10(3)17/h5-8H,4H2,1-3H3,(H,15,16). The molecule has 3 nitrogen and oxygen atoms in total. The number of rotatable bonds is 4. The third-order valence-electron chi connectivity index (χ3n) is 2.84. The molecule has 0 unspecified atom stereocenters.